The lowest BCUT2D eigenvalue weighted by atomic mass is 10.2. The molecule has 1 N–H and O–H groups in total. The van der Waals surface area contributed by atoms with E-state index in [-0.39, 0.29) is 24.4 Å². The van der Waals surface area contributed by atoms with Crippen molar-refractivity contribution in [1.29, 1.82) is 0 Å². The van der Waals surface area contributed by atoms with Crippen LogP contribution in [0.2, 0.25) is 0 Å². The van der Waals surface area contributed by atoms with E-state index in [1.807, 2.05) is 0 Å². The van der Waals surface area contributed by atoms with Gasteiger partial charge in [0.15, 0.2) is 0 Å². The number of unbranched alkanes of at least 4 members (excludes halogenated alkanes) is 1. The molecule has 0 fully saturated rings. The summed E-state index contributed by atoms with van der Waals surface area (Å²) in [6, 6.07) is 3.07. The fourth-order valence-electron chi connectivity index (χ4n) is 1.81. The highest BCUT2D eigenvalue weighted by Gasteiger charge is 2.20. The Balaban J connectivity index is 3.05. The molecule has 0 aromatic heterocycles. The van der Waals surface area contributed by atoms with Gasteiger partial charge in [-0.3, -0.25) is 25.7 Å². The topological polar surface area (TPSA) is 137 Å². The van der Waals surface area contributed by atoms with E-state index in [2.05, 4.69) is 10.5 Å². The first-order valence-corrected chi connectivity index (χ1v) is 7.92. The molecule has 0 saturated heterocycles. The molecule has 0 amide bonds. The maximum absolute atomic E-state index is 11.9. The van der Waals surface area contributed by atoms with Crippen molar-refractivity contribution in [3.05, 3.63) is 38.4 Å². The third kappa shape index (κ3) is 6.34. The molecule has 0 aliphatic rings. The Kier molecular flexibility index (Phi) is 8.27. The van der Waals surface area contributed by atoms with Crippen LogP contribution in [0.25, 0.3) is 0 Å². The van der Waals surface area contributed by atoms with Crippen LogP contribution in [0.15, 0.2) is 23.3 Å². The van der Waals surface area contributed by atoms with Crippen LogP contribution in [0, 0.1) is 20.2 Å². The summed E-state index contributed by atoms with van der Waals surface area (Å²) in [7, 11) is 0. The van der Waals surface area contributed by atoms with Gasteiger partial charge in [-0.25, -0.2) is 4.79 Å². The van der Waals surface area contributed by atoms with Gasteiger partial charge in [-0.2, -0.15) is 5.10 Å². The minimum Gasteiger partial charge on any atom is -0.461 e. The largest absolute Gasteiger partial charge is 0.461 e. The molecule has 0 heterocycles. The monoisotopic (exact) mass is 372 g/mol. The number of carbonyl (C=O) groups is 1. The molecule has 0 bridgehead atoms. The predicted molar refractivity (Wildman–Crippen MR) is 92.0 cm³/mol. The van der Waals surface area contributed by atoms with Crippen LogP contribution in [-0.4, -0.2) is 34.0 Å². The molecule has 0 aliphatic heterocycles. The van der Waals surface area contributed by atoms with Crippen molar-refractivity contribution in [3.8, 4) is 0 Å². The quantitative estimate of drug-likeness (QED) is 0.166. The van der Waals surface area contributed by atoms with Gasteiger partial charge >= 0.3 is 11.7 Å². The number of hydrazone groups is 1. The predicted octanol–water partition coefficient (Wildman–Crippen LogP) is 3.24. The van der Waals surface area contributed by atoms with Gasteiger partial charge in [0.05, 0.1) is 22.5 Å². The number of nitro groups is 2. The first-order valence-electron chi connectivity index (χ1n) is 7.39. The zero-order valence-electron chi connectivity index (χ0n) is 13.4. The minimum atomic E-state index is -0.775. The van der Waals surface area contributed by atoms with Crippen LogP contribution in [0.1, 0.15) is 26.2 Å². The molecule has 1 aromatic carbocycles. The number of hydrogen-bond donors (Lipinski definition) is 1. The van der Waals surface area contributed by atoms with E-state index in [9.17, 15) is 25.0 Å². The number of nitro benzene ring substituents is 2. The van der Waals surface area contributed by atoms with Crippen molar-refractivity contribution >= 4 is 40.3 Å². The lowest BCUT2D eigenvalue weighted by Gasteiger charge is -2.07. The zero-order chi connectivity index (χ0) is 18.8. The van der Waals surface area contributed by atoms with Crippen LogP contribution in [-0.2, 0) is 9.53 Å². The standard InChI is InChI=1S/C14H17ClN4O6/c1-2-25-14(20)12(5-3-4-8-15)17-16-11-7-6-10(18(21)22)9-13(11)19(23)24/h6-7,9,16H,2-5,8H2,1H3. The van der Waals surface area contributed by atoms with Gasteiger partial charge < -0.3 is 4.74 Å². The first kappa shape index (κ1) is 20.3. The Hall–Kier alpha value is -2.75. The van der Waals surface area contributed by atoms with Crippen molar-refractivity contribution in [2.45, 2.75) is 26.2 Å². The molecule has 0 aliphatic carbocycles. The number of benzene rings is 1. The smallest absolute Gasteiger partial charge is 0.354 e. The highest BCUT2D eigenvalue weighted by molar-refractivity contribution is 6.36. The second kappa shape index (κ2) is 10.2. The van der Waals surface area contributed by atoms with E-state index in [0.29, 0.717) is 18.7 Å². The number of nitrogens with one attached hydrogen (secondary N) is 1. The van der Waals surface area contributed by atoms with Gasteiger partial charge in [0.1, 0.15) is 11.4 Å². The number of ether oxygens (including phenoxy) is 1. The minimum absolute atomic E-state index is 0.0552. The Labute approximate surface area is 148 Å². The molecule has 1 aromatic rings. The highest BCUT2D eigenvalue weighted by Crippen LogP contribution is 2.29. The molecule has 10 nitrogen and oxygen atoms in total. The van der Waals surface area contributed by atoms with Crippen LogP contribution in [0.4, 0.5) is 17.1 Å². The SMILES string of the molecule is CCOC(=O)C(CCCCCl)=NNc1ccc([N+](=O)[O-])cc1[N+](=O)[O-]. The average molecular weight is 373 g/mol. The summed E-state index contributed by atoms with van der Waals surface area (Å²) in [5, 5.41) is 25.7. The maximum atomic E-state index is 11.9. The summed E-state index contributed by atoms with van der Waals surface area (Å²) in [6.45, 7) is 1.80. The lowest BCUT2D eigenvalue weighted by Crippen LogP contribution is -2.19. The molecule has 11 heteroatoms. The van der Waals surface area contributed by atoms with Crippen molar-refractivity contribution in [3.63, 3.8) is 0 Å². The van der Waals surface area contributed by atoms with Crippen molar-refractivity contribution in [1.82, 2.24) is 0 Å². The van der Waals surface area contributed by atoms with Gasteiger partial charge in [0.25, 0.3) is 5.69 Å². The van der Waals surface area contributed by atoms with E-state index >= 15 is 0 Å². The van der Waals surface area contributed by atoms with Gasteiger partial charge in [-0.15, -0.1) is 11.6 Å². The number of non-ortho nitro benzene ring substituents is 1. The van der Waals surface area contributed by atoms with Crippen molar-refractivity contribution in [2.24, 2.45) is 5.10 Å². The van der Waals surface area contributed by atoms with E-state index in [1.54, 1.807) is 6.92 Å². The van der Waals surface area contributed by atoms with Gasteiger partial charge in [-0.1, -0.05) is 0 Å². The molecule has 0 saturated carbocycles. The second-order valence-corrected chi connectivity index (χ2v) is 5.13. The highest BCUT2D eigenvalue weighted by atomic mass is 35.5. The number of anilines is 1. The van der Waals surface area contributed by atoms with E-state index in [4.69, 9.17) is 16.3 Å². The van der Waals surface area contributed by atoms with Crippen molar-refractivity contribution < 1.29 is 19.4 Å². The van der Waals surface area contributed by atoms with Gasteiger partial charge in [0.2, 0.25) is 0 Å². The molecule has 25 heavy (non-hydrogen) atoms. The zero-order valence-corrected chi connectivity index (χ0v) is 14.2. The summed E-state index contributed by atoms with van der Waals surface area (Å²) in [4.78, 5) is 32.2. The number of nitrogens with zero attached hydrogens (tertiary/aromatic N) is 3. The van der Waals surface area contributed by atoms with Crippen LogP contribution < -0.4 is 5.43 Å². The normalized spacial score (nSPS) is 11.0. The average Bonchev–Trinajstić information content (AvgIpc) is 2.57. The molecule has 0 radical (unpaired) electrons. The molecular formula is C14H17ClN4O6. The fraction of sp³-hybridized carbons (Fsp3) is 0.429. The van der Waals surface area contributed by atoms with Crippen LogP contribution in [0.3, 0.4) is 0 Å². The summed E-state index contributed by atoms with van der Waals surface area (Å²) < 4.78 is 4.89. The van der Waals surface area contributed by atoms with Crippen LogP contribution >= 0.6 is 11.6 Å². The first-order chi connectivity index (χ1) is 11.9. The molecule has 136 valence electrons. The summed E-state index contributed by atoms with van der Waals surface area (Å²) in [5.74, 6) is -0.216. The summed E-state index contributed by atoms with van der Waals surface area (Å²) in [5.41, 5.74) is 1.45. The summed E-state index contributed by atoms with van der Waals surface area (Å²) in [6.07, 6.45) is 1.53. The Bertz CT molecular complexity index is 679. The third-order valence-corrected chi connectivity index (χ3v) is 3.28. The van der Waals surface area contributed by atoms with Crippen molar-refractivity contribution in [2.75, 3.05) is 17.9 Å². The number of hydrogen-bond acceptors (Lipinski definition) is 8. The summed E-state index contributed by atoms with van der Waals surface area (Å²) >= 11 is 5.59. The number of alkyl halides is 1. The fourth-order valence-corrected chi connectivity index (χ4v) is 2.00. The lowest BCUT2D eigenvalue weighted by molar-refractivity contribution is -0.393. The van der Waals surface area contributed by atoms with Crippen LogP contribution in [0.5, 0.6) is 0 Å². The third-order valence-electron chi connectivity index (χ3n) is 3.01. The molecular weight excluding hydrogens is 356 g/mol. The van der Waals surface area contributed by atoms with E-state index < -0.39 is 27.2 Å². The number of carbonyl (C=O) groups excluding carboxylic acids is 1. The second-order valence-electron chi connectivity index (χ2n) is 4.75. The number of rotatable bonds is 10. The Morgan fingerprint density at radius 3 is 2.56 bits per heavy atom. The van der Waals surface area contributed by atoms with Gasteiger partial charge in [-0.05, 0) is 32.3 Å². The molecule has 1 rings (SSSR count). The Morgan fingerprint density at radius 2 is 2.00 bits per heavy atom. The maximum Gasteiger partial charge on any atom is 0.354 e. The molecule has 0 unspecified atom stereocenters. The van der Waals surface area contributed by atoms with E-state index in [1.165, 1.54) is 0 Å². The molecule has 0 spiro atoms. The van der Waals surface area contributed by atoms with E-state index in [0.717, 1.165) is 18.2 Å². The Morgan fingerprint density at radius 1 is 1.28 bits per heavy atom. The number of esters is 1. The molecule has 0 atom stereocenters. The van der Waals surface area contributed by atoms with Gasteiger partial charge in [0, 0.05) is 11.9 Å². The number of halogens is 1.